The van der Waals surface area contributed by atoms with Crippen molar-refractivity contribution in [1.82, 2.24) is 14.8 Å². The van der Waals surface area contributed by atoms with E-state index in [-0.39, 0.29) is 17.9 Å². The first-order chi connectivity index (χ1) is 12.6. The van der Waals surface area contributed by atoms with E-state index in [0.717, 1.165) is 29.8 Å². The summed E-state index contributed by atoms with van der Waals surface area (Å²) in [5.74, 6) is 0.441. The van der Waals surface area contributed by atoms with E-state index >= 15 is 0 Å². The molecule has 6 heteroatoms. The van der Waals surface area contributed by atoms with E-state index in [4.69, 9.17) is 0 Å². The number of nitrogens with one attached hydrogen (secondary N) is 1. The van der Waals surface area contributed by atoms with Crippen molar-refractivity contribution in [3.05, 3.63) is 46.4 Å². The quantitative estimate of drug-likeness (QED) is 0.896. The van der Waals surface area contributed by atoms with Crippen molar-refractivity contribution in [3.8, 4) is 0 Å². The molecular weight excluding hydrogens is 346 g/mol. The van der Waals surface area contributed by atoms with Gasteiger partial charge in [0.1, 0.15) is 6.54 Å². The molecule has 1 N–H and O–H groups in total. The molecule has 0 radical (unpaired) electrons. The van der Waals surface area contributed by atoms with Gasteiger partial charge < -0.3 is 14.8 Å². The molecule has 2 aromatic heterocycles. The van der Waals surface area contributed by atoms with Gasteiger partial charge in [-0.1, -0.05) is 25.8 Å². The molecule has 0 unspecified atom stereocenters. The summed E-state index contributed by atoms with van der Waals surface area (Å²) in [6, 6.07) is 7.53. The molecule has 2 aromatic rings. The van der Waals surface area contributed by atoms with Gasteiger partial charge in [-0.25, -0.2) is 0 Å². The summed E-state index contributed by atoms with van der Waals surface area (Å²) in [6.07, 6.45) is 6.47. The zero-order chi connectivity index (χ0) is 18.1. The summed E-state index contributed by atoms with van der Waals surface area (Å²) in [5, 5.41) is 5.26. The van der Waals surface area contributed by atoms with Crippen molar-refractivity contribution in [2.24, 2.45) is 5.92 Å². The molecule has 2 aliphatic rings. The van der Waals surface area contributed by atoms with Crippen molar-refractivity contribution in [2.75, 3.05) is 0 Å². The lowest BCUT2D eigenvalue weighted by molar-refractivity contribution is -0.145. The van der Waals surface area contributed by atoms with E-state index < -0.39 is 6.04 Å². The van der Waals surface area contributed by atoms with Crippen LogP contribution in [0.1, 0.15) is 49.2 Å². The molecule has 1 fully saturated rings. The van der Waals surface area contributed by atoms with Gasteiger partial charge in [0, 0.05) is 17.1 Å². The van der Waals surface area contributed by atoms with Gasteiger partial charge in [0.15, 0.2) is 6.04 Å². The lowest BCUT2D eigenvalue weighted by atomic mass is 9.85. The Morgan fingerprint density at radius 1 is 1.27 bits per heavy atom. The number of carbonyl (C=O) groups excluding carboxylic acids is 2. The van der Waals surface area contributed by atoms with E-state index in [1.807, 2.05) is 40.4 Å². The Morgan fingerprint density at radius 3 is 2.88 bits per heavy atom. The number of thiophene rings is 1. The molecule has 0 spiro atoms. The summed E-state index contributed by atoms with van der Waals surface area (Å²) >= 11 is 1.62. The highest BCUT2D eigenvalue weighted by Crippen LogP contribution is 2.31. The Kier molecular flexibility index (Phi) is 4.85. The van der Waals surface area contributed by atoms with Crippen LogP contribution < -0.4 is 5.32 Å². The van der Waals surface area contributed by atoms with Crippen molar-refractivity contribution in [1.29, 1.82) is 0 Å². The first-order valence-electron chi connectivity index (χ1n) is 9.41. The van der Waals surface area contributed by atoms with Crippen LogP contribution in [0.25, 0.3) is 0 Å². The predicted octanol–water partition coefficient (Wildman–Crippen LogP) is 3.33. The van der Waals surface area contributed by atoms with Gasteiger partial charge in [0.2, 0.25) is 11.8 Å². The Hall–Kier alpha value is -2.08. The van der Waals surface area contributed by atoms with E-state index in [1.54, 1.807) is 16.2 Å². The lowest BCUT2D eigenvalue weighted by Gasteiger charge is -2.37. The smallest absolute Gasteiger partial charge is 0.249 e. The Balaban J connectivity index is 1.60. The van der Waals surface area contributed by atoms with Crippen LogP contribution in [0, 0.1) is 5.92 Å². The third-order valence-corrected chi connectivity index (χ3v) is 6.54. The average molecular weight is 372 g/mol. The van der Waals surface area contributed by atoms with Crippen molar-refractivity contribution < 1.29 is 9.59 Å². The van der Waals surface area contributed by atoms with E-state index in [0.29, 0.717) is 19.0 Å². The van der Waals surface area contributed by atoms with Gasteiger partial charge in [-0.3, -0.25) is 9.59 Å². The van der Waals surface area contributed by atoms with Crippen molar-refractivity contribution in [2.45, 2.75) is 57.8 Å². The number of aromatic nitrogens is 1. The minimum Gasteiger partial charge on any atom is -0.351 e. The van der Waals surface area contributed by atoms with Gasteiger partial charge in [0.05, 0.1) is 12.2 Å². The van der Waals surface area contributed by atoms with Gasteiger partial charge in [-0.15, -0.1) is 11.3 Å². The van der Waals surface area contributed by atoms with E-state index in [9.17, 15) is 9.59 Å². The average Bonchev–Trinajstić information content (AvgIpc) is 3.29. The fraction of sp³-hybridized carbons (Fsp3) is 0.500. The molecule has 138 valence electrons. The maximum absolute atomic E-state index is 13.2. The second-order valence-corrected chi connectivity index (χ2v) is 8.47. The number of amides is 2. The first-order valence-corrected chi connectivity index (χ1v) is 10.3. The molecule has 0 aromatic carbocycles. The van der Waals surface area contributed by atoms with Crippen LogP contribution in [0.4, 0.5) is 0 Å². The Morgan fingerprint density at radius 2 is 2.12 bits per heavy atom. The number of hydrogen-bond donors (Lipinski definition) is 1. The molecule has 4 rings (SSSR count). The summed E-state index contributed by atoms with van der Waals surface area (Å²) in [4.78, 5) is 28.9. The predicted molar refractivity (Wildman–Crippen MR) is 102 cm³/mol. The lowest BCUT2D eigenvalue weighted by Crippen LogP contribution is -2.51. The van der Waals surface area contributed by atoms with Gasteiger partial charge in [0.25, 0.3) is 0 Å². The van der Waals surface area contributed by atoms with Crippen LogP contribution in [-0.4, -0.2) is 27.3 Å². The number of rotatable bonds is 4. The fourth-order valence-electron chi connectivity index (χ4n) is 4.18. The molecule has 0 bridgehead atoms. The first kappa shape index (κ1) is 17.3. The minimum absolute atomic E-state index is 0.000979. The SMILES string of the molecule is C[C@@H]1CCCC[C@H]1NC(=O)[C@H]1c2cccn2CC(=O)N1Cc1cccs1. The van der Waals surface area contributed by atoms with E-state index in [2.05, 4.69) is 12.2 Å². The largest absolute Gasteiger partial charge is 0.351 e. The highest BCUT2D eigenvalue weighted by Gasteiger charge is 2.38. The molecule has 26 heavy (non-hydrogen) atoms. The molecule has 0 saturated heterocycles. The van der Waals surface area contributed by atoms with E-state index in [1.165, 1.54) is 6.42 Å². The molecule has 5 nitrogen and oxygen atoms in total. The van der Waals surface area contributed by atoms with Crippen LogP contribution in [-0.2, 0) is 22.7 Å². The number of carbonyl (C=O) groups is 2. The van der Waals surface area contributed by atoms with Gasteiger partial charge in [-0.05, 0) is 42.3 Å². The summed E-state index contributed by atoms with van der Waals surface area (Å²) in [7, 11) is 0. The summed E-state index contributed by atoms with van der Waals surface area (Å²) < 4.78 is 1.90. The maximum atomic E-state index is 13.2. The third-order valence-electron chi connectivity index (χ3n) is 5.68. The molecule has 2 amide bonds. The summed E-state index contributed by atoms with van der Waals surface area (Å²) in [5.41, 5.74) is 0.905. The maximum Gasteiger partial charge on any atom is 0.249 e. The Bertz CT molecular complexity index is 783. The molecule has 3 heterocycles. The van der Waals surface area contributed by atoms with Crippen LogP contribution in [0.2, 0.25) is 0 Å². The van der Waals surface area contributed by atoms with Crippen LogP contribution in [0.5, 0.6) is 0 Å². The molecule has 1 aliphatic heterocycles. The topological polar surface area (TPSA) is 54.3 Å². The van der Waals surface area contributed by atoms with Crippen LogP contribution in [0.3, 0.4) is 0 Å². The van der Waals surface area contributed by atoms with Gasteiger partial charge in [-0.2, -0.15) is 0 Å². The second kappa shape index (κ2) is 7.27. The number of nitrogens with zero attached hydrogens (tertiary/aromatic N) is 2. The van der Waals surface area contributed by atoms with Crippen LogP contribution in [0.15, 0.2) is 35.8 Å². The highest BCUT2D eigenvalue weighted by atomic mass is 32.1. The second-order valence-electron chi connectivity index (χ2n) is 7.44. The number of hydrogen-bond acceptors (Lipinski definition) is 3. The Labute approximate surface area is 158 Å². The number of fused-ring (bicyclic) bond motifs is 1. The standard InChI is InChI=1S/C20H25N3O2S/c1-14-6-2-3-8-16(14)21-20(25)19-17-9-4-10-22(17)13-18(24)23(19)12-15-7-5-11-26-15/h4-5,7,9-11,14,16,19H,2-3,6,8,12-13H2,1H3,(H,21,25)/t14-,16-,19-/m1/s1. The third kappa shape index (κ3) is 3.30. The van der Waals surface area contributed by atoms with Crippen LogP contribution >= 0.6 is 11.3 Å². The summed E-state index contributed by atoms with van der Waals surface area (Å²) in [6.45, 7) is 3.00. The minimum atomic E-state index is -0.553. The highest BCUT2D eigenvalue weighted by molar-refractivity contribution is 7.09. The normalized spacial score (nSPS) is 25.8. The zero-order valence-electron chi connectivity index (χ0n) is 15.1. The van der Waals surface area contributed by atoms with Crippen molar-refractivity contribution >= 4 is 23.2 Å². The van der Waals surface area contributed by atoms with Gasteiger partial charge >= 0.3 is 0 Å². The van der Waals surface area contributed by atoms with Crippen molar-refractivity contribution in [3.63, 3.8) is 0 Å². The fourth-order valence-corrected chi connectivity index (χ4v) is 4.88. The monoisotopic (exact) mass is 371 g/mol. The zero-order valence-corrected chi connectivity index (χ0v) is 15.9. The molecular formula is C20H25N3O2S. The molecule has 3 atom stereocenters. The molecule has 1 aliphatic carbocycles. The molecule has 1 saturated carbocycles.